The quantitative estimate of drug-likeness (QED) is 0.389. The van der Waals surface area contributed by atoms with Crippen LogP contribution in [0.25, 0.3) is 0 Å². The second kappa shape index (κ2) is 9.71. The summed E-state index contributed by atoms with van der Waals surface area (Å²) in [6.45, 7) is 6.05. The van der Waals surface area contributed by atoms with Crippen LogP contribution >= 0.6 is 0 Å². The number of nitrogens with one attached hydrogen (secondary N) is 1. The van der Waals surface area contributed by atoms with Crippen LogP contribution in [0, 0.1) is 10.1 Å². The number of carboxylic acid groups (broad SMARTS) is 1. The minimum Gasteiger partial charge on any atom is -0.480 e. The van der Waals surface area contributed by atoms with Gasteiger partial charge in [-0.15, -0.1) is 0 Å². The lowest BCUT2D eigenvalue weighted by atomic mass is 10.1. The zero-order valence-corrected chi connectivity index (χ0v) is 15.2. The van der Waals surface area contributed by atoms with Crippen molar-refractivity contribution in [2.24, 2.45) is 0 Å². The van der Waals surface area contributed by atoms with Crippen LogP contribution in [0.1, 0.15) is 26.3 Å². The van der Waals surface area contributed by atoms with Crippen LogP contribution in [0.5, 0.6) is 0 Å². The zero-order chi connectivity index (χ0) is 19.7. The molecule has 1 amide bonds. The molecule has 0 radical (unpaired) electrons. The Balaban J connectivity index is 2.66. The molecular formula is C17H25N3O6. The summed E-state index contributed by atoms with van der Waals surface area (Å²) in [5, 5.41) is 22.0. The predicted octanol–water partition coefficient (Wildman–Crippen LogP) is 2.05. The second-order valence-corrected chi connectivity index (χ2v) is 6.71. The molecule has 0 heterocycles. The monoisotopic (exact) mass is 367 g/mol. The molecule has 0 fully saturated rings. The minimum absolute atomic E-state index is 0.00983. The average molecular weight is 367 g/mol. The molecule has 26 heavy (non-hydrogen) atoms. The maximum Gasteiger partial charge on any atom is 0.410 e. The van der Waals surface area contributed by atoms with Crippen molar-refractivity contribution in [1.29, 1.82) is 0 Å². The molecule has 1 aromatic carbocycles. The number of rotatable bonds is 9. The minimum atomic E-state index is -0.973. The number of non-ortho nitro benzene ring substituents is 1. The van der Waals surface area contributed by atoms with Crippen molar-refractivity contribution >= 4 is 17.7 Å². The molecule has 0 atom stereocenters. The highest BCUT2D eigenvalue weighted by atomic mass is 16.6. The number of carboxylic acids is 1. The van der Waals surface area contributed by atoms with E-state index in [4.69, 9.17) is 9.84 Å². The van der Waals surface area contributed by atoms with Gasteiger partial charge in [0.25, 0.3) is 5.69 Å². The molecule has 0 saturated carbocycles. The number of nitrogens with zero attached hydrogens (tertiary/aromatic N) is 2. The zero-order valence-electron chi connectivity index (χ0n) is 15.2. The lowest BCUT2D eigenvalue weighted by molar-refractivity contribution is -0.384. The summed E-state index contributed by atoms with van der Waals surface area (Å²) in [6, 6.07) is 6.13. The van der Waals surface area contributed by atoms with Crippen molar-refractivity contribution < 1.29 is 24.4 Å². The molecule has 9 nitrogen and oxygen atoms in total. The first-order valence-corrected chi connectivity index (χ1v) is 8.22. The maximum atomic E-state index is 12.3. The van der Waals surface area contributed by atoms with Gasteiger partial charge in [-0.25, -0.2) is 4.79 Å². The molecule has 0 aliphatic heterocycles. The van der Waals surface area contributed by atoms with Crippen molar-refractivity contribution in [3.05, 3.63) is 39.9 Å². The van der Waals surface area contributed by atoms with Crippen molar-refractivity contribution in [2.45, 2.75) is 32.8 Å². The van der Waals surface area contributed by atoms with Crippen LogP contribution in [0.15, 0.2) is 24.3 Å². The van der Waals surface area contributed by atoms with Gasteiger partial charge in [-0.05, 0) is 32.8 Å². The lowest BCUT2D eigenvalue weighted by Gasteiger charge is -2.27. The smallest absolute Gasteiger partial charge is 0.410 e. The molecule has 0 aliphatic carbocycles. The van der Waals surface area contributed by atoms with Crippen LogP contribution < -0.4 is 5.32 Å². The molecular weight excluding hydrogens is 342 g/mol. The molecule has 0 spiro atoms. The summed E-state index contributed by atoms with van der Waals surface area (Å²) in [5.74, 6) is -0.973. The van der Waals surface area contributed by atoms with E-state index in [1.165, 1.54) is 17.0 Å². The fourth-order valence-corrected chi connectivity index (χ4v) is 2.08. The van der Waals surface area contributed by atoms with Gasteiger partial charge in [-0.2, -0.15) is 0 Å². The fraction of sp³-hybridized carbons (Fsp3) is 0.529. The number of nitro benzene ring substituents is 1. The van der Waals surface area contributed by atoms with Crippen molar-refractivity contribution in [3.8, 4) is 0 Å². The van der Waals surface area contributed by atoms with E-state index in [-0.39, 0.29) is 18.8 Å². The Morgan fingerprint density at radius 3 is 2.35 bits per heavy atom. The Morgan fingerprint density at radius 2 is 1.85 bits per heavy atom. The van der Waals surface area contributed by atoms with Crippen LogP contribution in [0.3, 0.4) is 0 Å². The fourth-order valence-electron chi connectivity index (χ4n) is 2.08. The van der Waals surface area contributed by atoms with Crippen molar-refractivity contribution in [2.75, 3.05) is 26.2 Å². The van der Waals surface area contributed by atoms with Gasteiger partial charge >= 0.3 is 12.1 Å². The van der Waals surface area contributed by atoms with E-state index < -0.39 is 22.6 Å². The standard InChI is InChI=1S/C17H25N3O6/c1-17(2,3)26-16(23)19(11-9-18-12-15(21)22)10-8-13-4-6-14(7-5-13)20(24)25/h4-7,18H,8-12H2,1-3H3,(H,21,22). The Morgan fingerprint density at radius 1 is 1.23 bits per heavy atom. The van der Waals surface area contributed by atoms with Gasteiger partial charge in [0.15, 0.2) is 0 Å². The topological polar surface area (TPSA) is 122 Å². The first-order chi connectivity index (χ1) is 12.1. The maximum absolute atomic E-state index is 12.3. The molecule has 0 bridgehead atoms. The van der Waals surface area contributed by atoms with Gasteiger partial charge in [0.05, 0.1) is 11.5 Å². The van der Waals surface area contributed by atoms with Gasteiger partial charge in [-0.1, -0.05) is 12.1 Å². The first-order valence-electron chi connectivity index (χ1n) is 8.22. The van der Waals surface area contributed by atoms with Crippen LogP contribution in [-0.4, -0.2) is 58.8 Å². The van der Waals surface area contributed by atoms with E-state index in [0.29, 0.717) is 19.5 Å². The molecule has 0 aromatic heterocycles. The van der Waals surface area contributed by atoms with E-state index in [1.807, 2.05) is 0 Å². The van der Waals surface area contributed by atoms with Crippen molar-refractivity contribution in [1.82, 2.24) is 10.2 Å². The lowest BCUT2D eigenvalue weighted by Crippen LogP contribution is -2.42. The van der Waals surface area contributed by atoms with Gasteiger partial charge < -0.3 is 20.1 Å². The van der Waals surface area contributed by atoms with Crippen LogP contribution in [0.2, 0.25) is 0 Å². The molecule has 2 N–H and O–H groups in total. The van der Waals surface area contributed by atoms with E-state index in [0.717, 1.165) is 5.56 Å². The average Bonchev–Trinajstić information content (AvgIpc) is 2.52. The number of benzene rings is 1. The Labute approximate surface area is 152 Å². The highest BCUT2D eigenvalue weighted by molar-refractivity contribution is 5.69. The van der Waals surface area contributed by atoms with Crippen molar-refractivity contribution in [3.63, 3.8) is 0 Å². The number of hydrogen-bond acceptors (Lipinski definition) is 6. The molecule has 144 valence electrons. The number of nitro groups is 1. The second-order valence-electron chi connectivity index (χ2n) is 6.71. The number of aliphatic carboxylic acids is 1. The molecule has 0 aliphatic rings. The molecule has 0 saturated heterocycles. The third-order valence-electron chi connectivity index (χ3n) is 3.30. The summed E-state index contributed by atoms with van der Waals surface area (Å²) in [4.78, 5) is 34.6. The molecule has 1 aromatic rings. The number of amides is 1. The van der Waals surface area contributed by atoms with Gasteiger partial charge in [-0.3, -0.25) is 14.9 Å². The Hall–Kier alpha value is -2.68. The molecule has 0 unspecified atom stereocenters. The molecule has 1 rings (SSSR count). The normalized spacial score (nSPS) is 11.0. The molecule has 9 heteroatoms. The summed E-state index contributed by atoms with van der Waals surface area (Å²) >= 11 is 0. The number of ether oxygens (including phenoxy) is 1. The number of carbonyl (C=O) groups excluding carboxylic acids is 1. The van der Waals surface area contributed by atoms with E-state index in [9.17, 15) is 19.7 Å². The van der Waals surface area contributed by atoms with E-state index in [1.54, 1.807) is 32.9 Å². The summed E-state index contributed by atoms with van der Waals surface area (Å²) in [6.07, 6.45) is 0.00688. The van der Waals surface area contributed by atoms with Crippen LogP contribution in [0.4, 0.5) is 10.5 Å². The van der Waals surface area contributed by atoms with Crippen LogP contribution in [-0.2, 0) is 16.0 Å². The van der Waals surface area contributed by atoms with E-state index >= 15 is 0 Å². The SMILES string of the molecule is CC(C)(C)OC(=O)N(CCNCC(=O)O)CCc1ccc([N+](=O)[O-])cc1. The predicted molar refractivity (Wildman–Crippen MR) is 95.1 cm³/mol. The summed E-state index contributed by atoms with van der Waals surface area (Å²) < 4.78 is 5.37. The van der Waals surface area contributed by atoms with E-state index in [2.05, 4.69) is 5.32 Å². The number of carbonyl (C=O) groups is 2. The summed E-state index contributed by atoms with van der Waals surface area (Å²) in [7, 11) is 0. The largest absolute Gasteiger partial charge is 0.480 e. The van der Waals surface area contributed by atoms with Gasteiger partial charge in [0, 0.05) is 31.8 Å². The van der Waals surface area contributed by atoms with Gasteiger partial charge in [0.1, 0.15) is 5.60 Å². The summed E-state index contributed by atoms with van der Waals surface area (Å²) in [5.41, 5.74) is 0.218. The van der Waals surface area contributed by atoms with Gasteiger partial charge in [0.2, 0.25) is 0 Å². The highest BCUT2D eigenvalue weighted by Gasteiger charge is 2.21. The highest BCUT2D eigenvalue weighted by Crippen LogP contribution is 2.14. The third-order valence-corrected chi connectivity index (χ3v) is 3.30. The Kier molecular flexibility index (Phi) is 7.98. The Bertz CT molecular complexity index is 624. The third kappa shape index (κ3) is 8.43. The first kappa shape index (κ1) is 21.4. The number of hydrogen-bond donors (Lipinski definition) is 2.